The van der Waals surface area contributed by atoms with Gasteiger partial charge in [0.25, 0.3) is 0 Å². The third-order valence-electron chi connectivity index (χ3n) is 3.34. The molecule has 0 fully saturated rings. The molecular formula is C15H20FNO. The fourth-order valence-corrected chi connectivity index (χ4v) is 2.06. The van der Waals surface area contributed by atoms with E-state index in [2.05, 4.69) is 26.1 Å². The summed E-state index contributed by atoms with van der Waals surface area (Å²) in [4.78, 5) is 0. The Balaban J connectivity index is 2.27. The van der Waals surface area contributed by atoms with Gasteiger partial charge < -0.3 is 9.73 Å². The van der Waals surface area contributed by atoms with E-state index in [0.29, 0.717) is 5.58 Å². The number of benzene rings is 1. The van der Waals surface area contributed by atoms with Gasteiger partial charge in [-0.15, -0.1) is 0 Å². The van der Waals surface area contributed by atoms with Gasteiger partial charge >= 0.3 is 0 Å². The summed E-state index contributed by atoms with van der Waals surface area (Å²) in [5, 5.41) is 4.14. The number of rotatable bonds is 5. The van der Waals surface area contributed by atoms with Gasteiger partial charge in [-0.3, -0.25) is 0 Å². The SMILES string of the molecule is CCNCCC(C)(C)c1cc2cccc(F)c2o1. The van der Waals surface area contributed by atoms with Crippen molar-refractivity contribution in [2.24, 2.45) is 0 Å². The second kappa shape index (κ2) is 5.11. The average Bonchev–Trinajstić information content (AvgIpc) is 2.75. The van der Waals surface area contributed by atoms with Gasteiger partial charge in [-0.2, -0.15) is 0 Å². The normalized spacial score (nSPS) is 12.2. The van der Waals surface area contributed by atoms with E-state index in [1.807, 2.05) is 12.1 Å². The lowest BCUT2D eigenvalue weighted by Crippen LogP contribution is -2.24. The first kappa shape index (κ1) is 13.1. The first-order valence-corrected chi connectivity index (χ1v) is 6.44. The number of furan rings is 1. The van der Waals surface area contributed by atoms with Gasteiger partial charge in [0, 0.05) is 10.8 Å². The molecule has 0 amide bonds. The Morgan fingerprint density at radius 2 is 2.11 bits per heavy atom. The minimum Gasteiger partial charge on any atom is -0.457 e. The lowest BCUT2D eigenvalue weighted by atomic mass is 9.86. The van der Waals surface area contributed by atoms with E-state index in [1.54, 1.807) is 6.07 Å². The molecule has 0 atom stereocenters. The van der Waals surface area contributed by atoms with Gasteiger partial charge in [-0.25, -0.2) is 4.39 Å². The van der Waals surface area contributed by atoms with Crippen molar-refractivity contribution >= 4 is 11.0 Å². The summed E-state index contributed by atoms with van der Waals surface area (Å²) in [5.74, 6) is 0.557. The van der Waals surface area contributed by atoms with Crippen molar-refractivity contribution in [1.82, 2.24) is 5.32 Å². The zero-order valence-corrected chi connectivity index (χ0v) is 11.2. The number of para-hydroxylation sites is 1. The maximum Gasteiger partial charge on any atom is 0.169 e. The van der Waals surface area contributed by atoms with E-state index in [4.69, 9.17) is 4.42 Å². The summed E-state index contributed by atoms with van der Waals surface area (Å²) in [5.41, 5.74) is 0.275. The first-order chi connectivity index (χ1) is 8.54. The molecule has 0 saturated heterocycles. The second-order valence-electron chi connectivity index (χ2n) is 5.26. The molecule has 0 saturated carbocycles. The third-order valence-corrected chi connectivity index (χ3v) is 3.34. The molecule has 2 rings (SSSR count). The minimum atomic E-state index is -0.291. The molecule has 0 aliphatic heterocycles. The molecular weight excluding hydrogens is 229 g/mol. The third kappa shape index (κ3) is 2.56. The molecule has 1 aromatic heterocycles. The highest BCUT2D eigenvalue weighted by atomic mass is 19.1. The lowest BCUT2D eigenvalue weighted by Gasteiger charge is -2.21. The molecule has 18 heavy (non-hydrogen) atoms. The van der Waals surface area contributed by atoms with E-state index >= 15 is 0 Å². The molecule has 1 aromatic carbocycles. The van der Waals surface area contributed by atoms with Crippen molar-refractivity contribution in [2.45, 2.75) is 32.6 Å². The van der Waals surface area contributed by atoms with Crippen LogP contribution in [0, 0.1) is 5.82 Å². The van der Waals surface area contributed by atoms with E-state index in [-0.39, 0.29) is 11.2 Å². The highest BCUT2D eigenvalue weighted by Gasteiger charge is 2.25. The fraction of sp³-hybridized carbons (Fsp3) is 0.467. The summed E-state index contributed by atoms with van der Waals surface area (Å²) in [6.45, 7) is 8.23. The number of hydrogen-bond donors (Lipinski definition) is 1. The van der Waals surface area contributed by atoms with Crippen molar-refractivity contribution in [3.8, 4) is 0 Å². The molecule has 1 N–H and O–H groups in total. The Morgan fingerprint density at radius 1 is 1.33 bits per heavy atom. The summed E-state index contributed by atoms with van der Waals surface area (Å²) in [6, 6.07) is 6.97. The highest BCUT2D eigenvalue weighted by molar-refractivity contribution is 5.78. The molecule has 0 aliphatic carbocycles. The van der Waals surface area contributed by atoms with Crippen LogP contribution in [0.4, 0.5) is 4.39 Å². The van der Waals surface area contributed by atoms with Crippen LogP contribution in [-0.2, 0) is 5.41 Å². The van der Waals surface area contributed by atoms with Gasteiger partial charge in [-0.05, 0) is 31.6 Å². The van der Waals surface area contributed by atoms with Crippen LogP contribution in [0.1, 0.15) is 33.0 Å². The van der Waals surface area contributed by atoms with Crippen molar-refractivity contribution in [3.05, 3.63) is 35.8 Å². The van der Waals surface area contributed by atoms with Crippen molar-refractivity contribution < 1.29 is 8.81 Å². The smallest absolute Gasteiger partial charge is 0.169 e. The summed E-state index contributed by atoms with van der Waals surface area (Å²) in [7, 11) is 0. The second-order valence-corrected chi connectivity index (χ2v) is 5.26. The Hall–Kier alpha value is -1.35. The molecule has 0 aliphatic rings. The van der Waals surface area contributed by atoms with Crippen LogP contribution >= 0.6 is 0 Å². The van der Waals surface area contributed by atoms with Crippen molar-refractivity contribution in [1.29, 1.82) is 0 Å². The first-order valence-electron chi connectivity index (χ1n) is 6.44. The van der Waals surface area contributed by atoms with Crippen LogP contribution in [-0.4, -0.2) is 13.1 Å². The Morgan fingerprint density at radius 3 is 2.78 bits per heavy atom. The van der Waals surface area contributed by atoms with E-state index in [9.17, 15) is 4.39 Å². The number of nitrogens with one attached hydrogen (secondary N) is 1. The standard InChI is InChI=1S/C15H20FNO/c1-4-17-9-8-15(2,3)13-10-11-6-5-7-12(16)14(11)18-13/h5-7,10,17H,4,8-9H2,1-3H3. The molecule has 0 radical (unpaired) electrons. The zero-order chi connectivity index (χ0) is 13.2. The Bertz CT molecular complexity index is 530. The molecule has 98 valence electrons. The minimum absolute atomic E-state index is 0.0897. The summed E-state index contributed by atoms with van der Waals surface area (Å²) < 4.78 is 19.3. The highest BCUT2D eigenvalue weighted by Crippen LogP contribution is 2.32. The zero-order valence-electron chi connectivity index (χ0n) is 11.2. The van der Waals surface area contributed by atoms with Gasteiger partial charge in [-0.1, -0.05) is 32.9 Å². The predicted molar refractivity (Wildman–Crippen MR) is 72.4 cm³/mol. The average molecular weight is 249 g/mol. The maximum atomic E-state index is 13.6. The topological polar surface area (TPSA) is 25.2 Å². The Labute approximate surface area is 107 Å². The van der Waals surface area contributed by atoms with Gasteiger partial charge in [0.1, 0.15) is 5.76 Å². The van der Waals surface area contributed by atoms with E-state index in [0.717, 1.165) is 30.7 Å². The molecule has 1 heterocycles. The molecule has 3 heteroatoms. The number of halogens is 1. The van der Waals surface area contributed by atoms with Gasteiger partial charge in [0.2, 0.25) is 0 Å². The Kier molecular flexibility index (Phi) is 3.71. The van der Waals surface area contributed by atoms with E-state index < -0.39 is 0 Å². The monoisotopic (exact) mass is 249 g/mol. The fourth-order valence-electron chi connectivity index (χ4n) is 2.06. The van der Waals surface area contributed by atoms with Crippen molar-refractivity contribution in [2.75, 3.05) is 13.1 Å². The summed E-state index contributed by atoms with van der Waals surface area (Å²) in [6.07, 6.45) is 0.961. The maximum absolute atomic E-state index is 13.6. The number of hydrogen-bond acceptors (Lipinski definition) is 2. The largest absolute Gasteiger partial charge is 0.457 e. The van der Waals surface area contributed by atoms with Crippen LogP contribution in [0.5, 0.6) is 0 Å². The lowest BCUT2D eigenvalue weighted by molar-refractivity contribution is 0.368. The van der Waals surface area contributed by atoms with Crippen LogP contribution in [0.25, 0.3) is 11.0 Å². The van der Waals surface area contributed by atoms with Crippen molar-refractivity contribution in [3.63, 3.8) is 0 Å². The van der Waals surface area contributed by atoms with Gasteiger partial charge in [0.15, 0.2) is 11.4 Å². The van der Waals surface area contributed by atoms with Crippen LogP contribution < -0.4 is 5.32 Å². The molecule has 2 nitrogen and oxygen atoms in total. The molecule has 0 bridgehead atoms. The van der Waals surface area contributed by atoms with E-state index in [1.165, 1.54) is 6.07 Å². The molecule has 2 aromatic rings. The molecule has 0 spiro atoms. The molecule has 0 unspecified atom stereocenters. The number of fused-ring (bicyclic) bond motifs is 1. The predicted octanol–water partition coefficient (Wildman–Crippen LogP) is 3.85. The summed E-state index contributed by atoms with van der Waals surface area (Å²) >= 11 is 0. The van der Waals surface area contributed by atoms with Gasteiger partial charge in [0.05, 0.1) is 0 Å². The quantitative estimate of drug-likeness (QED) is 0.814. The van der Waals surface area contributed by atoms with Crippen LogP contribution in [0.2, 0.25) is 0 Å². The van der Waals surface area contributed by atoms with Crippen LogP contribution in [0.15, 0.2) is 28.7 Å². The van der Waals surface area contributed by atoms with Crippen LogP contribution in [0.3, 0.4) is 0 Å².